The van der Waals surface area contributed by atoms with E-state index in [1.807, 2.05) is 0 Å². The molecule has 0 spiro atoms. The molecule has 2 atom stereocenters. The molecule has 1 amide bonds. The normalized spacial score (nSPS) is 27.9. The van der Waals surface area contributed by atoms with Crippen molar-refractivity contribution in [1.29, 1.82) is 0 Å². The number of aliphatic carboxylic acids is 1. The number of H-pyrrole nitrogens is 1. The van der Waals surface area contributed by atoms with Crippen molar-refractivity contribution in [3.05, 3.63) is 17.0 Å². The number of aromatic amines is 1. The predicted octanol–water partition coefficient (Wildman–Crippen LogP) is 1.08. The molecule has 1 aromatic rings. The fraction of sp³-hybridized carbons (Fsp3) is 0.667. The van der Waals surface area contributed by atoms with Crippen molar-refractivity contribution in [2.24, 2.45) is 17.8 Å². The third-order valence-corrected chi connectivity index (χ3v) is 5.21. The summed E-state index contributed by atoms with van der Waals surface area (Å²) in [5, 5.41) is 16.5. The molecule has 2 N–H and O–H groups in total. The Kier molecular flexibility index (Phi) is 2.80. The van der Waals surface area contributed by atoms with Gasteiger partial charge in [-0.2, -0.15) is 5.10 Å². The first-order valence-corrected chi connectivity index (χ1v) is 7.73. The van der Waals surface area contributed by atoms with E-state index in [4.69, 9.17) is 0 Å². The minimum atomic E-state index is -0.769. The molecule has 2 fully saturated rings. The maximum Gasteiger partial charge on any atom is 0.308 e. The second-order valence-corrected chi connectivity index (χ2v) is 6.54. The van der Waals surface area contributed by atoms with E-state index in [9.17, 15) is 14.7 Å². The molecule has 0 radical (unpaired) electrons. The Balaban J connectivity index is 1.56. The van der Waals surface area contributed by atoms with Gasteiger partial charge in [0.05, 0.1) is 5.92 Å². The number of likely N-dealkylation sites (tertiary alicyclic amines) is 1. The molecule has 1 saturated carbocycles. The Bertz CT molecular complexity index is 605. The minimum Gasteiger partial charge on any atom is -0.481 e. The summed E-state index contributed by atoms with van der Waals surface area (Å²) in [5.74, 6) is -0.654. The van der Waals surface area contributed by atoms with Gasteiger partial charge in [-0.15, -0.1) is 0 Å². The van der Waals surface area contributed by atoms with Crippen LogP contribution in [0.25, 0.3) is 0 Å². The number of rotatable bonds is 3. The number of carboxylic acids is 1. The first kappa shape index (κ1) is 12.9. The lowest BCUT2D eigenvalue weighted by molar-refractivity contribution is -0.142. The van der Waals surface area contributed by atoms with Gasteiger partial charge in [-0.05, 0) is 43.9 Å². The number of aryl methyl sites for hydroxylation is 1. The van der Waals surface area contributed by atoms with Gasteiger partial charge in [0, 0.05) is 24.3 Å². The molecule has 112 valence electrons. The molecule has 2 heterocycles. The van der Waals surface area contributed by atoms with Gasteiger partial charge in [0.1, 0.15) is 0 Å². The zero-order valence-corrected chi connectivity index (χ0v) is 11.8. The highest BCUT2D eigenvalue weighted by Crippen LogP contribution is 2.44. The maximum atomic E-state index is 12.7. The summed E-state index contributed by atoms with van der Waals surface area (Å²) >= 11 is 0. The van der Waals surface area contributed by atoms with Crippen molar-refractivity contribution in [3.63, 3.8) is 0 Å². The van der Waals surface area contributed by atoms with E-state index in [1.165, 1.54) is 0 Å². The van der Waals surface area contributed by atoms with Crippen molar-refractivity contribution in [3.8, 4) is 0 Å². The van der Waals surface area contributed by atoms with Crippen molar-refractivity contribution < 1.29 is 14.7 Å². The van der Waals surface area contributed by atoms with Crippen LogP contribution < -0.4 is 0 Å². The molecule has 1 aliphatic heterocycles. The lowest BCUT2D eigenvalue weighted by Gasteiger charge is -2.15. The van der Waals surface area contributed by atoms with Crippen LogP contribution in [0.1, 0.15) is 41.0 Å². The van der Waals surface area contributed by atoms with Gasteiger partial charge < -0.3 is 10.0 Å². The summed E-state index contributed by atoms with van der Waals surface area (Å²) in [7, 11) is 0. The summed E-state index contributed by atoms with van der Waals surface area (Å²) in [5.41, 5.74) is 2.64. The number of hydrogen-bond acceptors (Lipinski definition) is 3. The van der Waals surface area contributed by atoms with E-state index in [2.05, 4.69) is 10.2 Å². The fourth-order valence-electron chi connectivity index (χ4n) is 3.90. The van der Waals surface area contributed by atoms with Gasteiger partial charge in [0.2, 0.25) is 0 Å². The predicted molar refractivity (Wildman–Crippen MR) is 73.9 cm³/mol. The average Bonchev–Trinajstić information content (AvgIpc) is 2.91. The van der Waals surface area contributed by atoms with Crippen LogP contribution in [-0.2, 0) is 17.6 Å². The topological polar surface area (TPSA) is 86.3 Å². The van der Waals surface area contributed by atoms with Gasteiger partial charge in [-0.1, -0.05) is 0 Å². The Labute approximate surface area is 122 Å². The fourth-order valence-corrected chi connectivity index (χ4v) is 3.90. The first-order chi connectivity index (χ1) is 10.1. The molecule has 21 heavy (non-hydrogen) atoms. The number of nitrogens with one attached hydrogen (secondary N) is 1. The van der Waals surface area contributed by atoms with Crippen molar-refractivity contribution >= 4 is 11.9 Å². The molecule has 3 aliphatic rings. The second kappa shape index (κ2) is 4.58. The molecule has 0 aromatic carbocycles. The molecule has 0 bridgehead atoms. The van der Waals surface area contributed by atoms with E-state index < -0.39 is 11.9 Å². The van der Waals surface area contributed by atoms with Crippen LogP contribution in [0.3, 0.4) is 0 Å². The van der Waals surface area contributed by atoms with Gasteiger partial charge in [-0.3, -0.25) is 14.7 Å². The Morgan fingerprint density at radius 3 is 2.76 bits per heavy atom. The number of hydrogen-bond donors (Lipinski definition) is 2. The third kappa shape index (κ3) is 2.04. The molecule has 0 unspecified atom stereocenters. The lowest BCUT2D eigenvalue weighted by Crippen LogP contribution is -2.30. The number of carbonyl (C=O) groups excluding carboxylic acids is 1. The van der Waals surface area contributed by atoms with Gasteiger partial charge >= 0.3 is 5.97 Å². The highest BCUT2D eigenvalue weighted by molar-refractivity contribution is 5.94. The summed E-state index contributed by atoms with van der Waals surface area (Å²) in [6.07, 6.45) is 5.13. The zero-order valence-electron chi connectivity index (χ0n) is 11.8. The highest BCUT2D eigenvalue weighted by atomic mass is 16.4. The molecule has 2 aliphatic carbocycles. The van der Waals surface area contributed by atoms with Crippen LogP contribution in [0, 0.1) is 17.8 Å². The standard InChI is InChI=1S/C15H19N3O3/c19-14(13-9-2-1-3-12(9)16-17-13)18-6-10(8-4-5-8)11(7-18)15(20)21/h8,10-11H,1-7H2,(H,16,17)(H,20,21)/t10-,11+/m0/s1. The number of fused-ring (bicyclic) bond motifs is 1. The van der Waals surface area contributed by atoms with E-state index >= 15 is 0 Å². The quantitative estimate of drug-likeness (QED) is 0.872. The zero-order chi connectivity index (χ0) is 14.6. The average molecular weight is 289 g/mol. The molecule has 6 heteroatoms. The Hall–Kier alpha value is -1.85. The van der Waals surface area contributed by atoms with E-state index in [0.717, 1.165) is 43.4 Å². The van der Waals surface area contributed by atoms with Crippen LogP contribution in [0.5, 0.6) is 0 Å². The third-order valence-electron chi connectivity index (χ3n) is 5.21. The van der Waals surface area contributed by atoms with Crippen LogP contribution in [-0.4, -0.2) is 45.2 Å². The summed E-state index contributed by atoms with van der Waals surface area (Å²) in [4.78, 5) is 25.8. The van der Waals surface area contributed by atoms with E-state index in [1.54, 1.807) is 4.90 Å². The number of carbonyl (C=O) groups is 2. The van der Waals surface area contributed by atoms with Crippen LogP contribution >= 0.6 is 0 Å². The summed E-state index contributed by atoms with van der Waals surface area (Å²) < 4.78 is 0. The first-order valence-electron chi connectivity index (χ1n) is 7.73. The van der Waals surface area contributed by atoms with Crippen LogP contribution in [0.2, 0.25) is 0 Å². The largest absolute Gasteiger partial charge is 0.481 e. The molecule has 6 nitrogen and oxygen atoms in total. The second-order valence-electron chi connectivity index (χ2n) is 6.54. The molecule has 4 rings (SSSR count). The van der Waals surface area contributed by atoms with Crippen LogP contribution in [0.4, 0.5) is 0 Å². The van der Waals surface area contributed by atoms with Gasteiger partial charge in [0.15, 0.2) is 5.69 Å². The Morgan fingerprint density at radius 2 is 2.05 bits per heavy atom. The highest BCUT2D eigenvalue weighted by Gasteiger charge is 2.47. The molecular formula is C15H19N3O3. The number of amides is 1. The van der Waals surface area contributed by atoms with Crippen molar-refractivity contribution in [2.75, 3.05) is 13.1 Å². The number of aromatic nitrogens is 2. The minimum absolute atomic E-state index is 0.0937. The lowest BCUT2D eigenvalue weighted by atomic mass is 9.92. The van der Waals surface area contributed by atoms with Gasteiger partial charge in [0.25, 0.3) is 5.91 Å². The number of carboxylic acid groups (broad SMARTS) is 1. The monoisotopic (exact) mass is 289 g/mol. The van der Waals surface area contributed by atoms with Gasteiger partial charge in [-0.25, -0.2) is 0 Å². The smallest absolute Gasteiger partial charge is 0.308 e. The Morgan fingerprint density at radius 1 is 1.24 bits per heavy atom. The summed E-state index contributed by atoms with van der Waals surface area (Å²) in [6.45, 7) is 0.902. The molecule has 1 aromatic heterocycles. The summed E-state index contributed by atoms with van der Waals surface area (Å²) in [6, 6.07) is 0. The molecule has 1 saturated heterocycles. The molecular weight excluding hydrogens is 270 g/mol. The van der Waals surface area contributed by atoms with E-state index in [0.29, 0.717) is 24.7 Å². The van der Waals surface area contributed by atoms with E-state index in [-0.39, 0.29) is 11.8 Å². The van der Waals surface area contributed by atoms with Crippen molar-refractivity contribution in [1.82, 2.24) is 15.1 Å². The maximum absolute atomic E-state index is 12.7. The SMILES string of the molecule is O=C(O)[C@@H]1CN(C(=O)c2n[nH]c3c2CCC3)C[C@H]1C1CC1. The number of nitrogens with zero attached hydrogens (tertiary/aromatic N) is 2. The van der Waals surface area contributed by atoms with Crippen LogP contribution in [0.15, 0.2) is 0 Å². The van der Waals surface area contributed by atoms with Crippen molar-refractivity contribution in [2.45, 2.75) is 32.1 Å².